The van der Waals surface area contributed by atoms with Crippen molar-refractivity contribution in [1.29, 1.82) is 0 Å². The van der Waals surface area contributed by atoms with E-state index in [9.17, 15) is 25.3 Å². The van der Waals surface area contributed by atoms with Crippen molar-refractivity contribution in [2.45, 2.75) is 19.6 Å². The van der Waals surface area contributed by atoms with Gasteiger partial charge in [0.15, 0.2) is 0 Å². The molecule has 0 unspecified atom stereocenters. The van der Waals surface area contributed by atoms with E-state index in [4.69, 9.17) is 0 Å². The molecule has 0 bridgehead atoms. The Morgan fingerprint density at radius 2 is 0.750 bits per heavy atom. The lowest BCUT2D eigenvalue weighted by atomic mass is 10.4. The van der Waals surface area contributed by atoms with Gasteiger partial charge in [-0.3, -0.25) is 0 Å². The highest BCUT2D eigenvalue weighted by Crippen LogP contribution is 2.24. The Bertz CT molecular complexity index is 1280. The predicted molar refractivity (Wildman–Crippen MR) is 100 cm³/mol. The zero-order valence-corrected chi connectivity index (χ0v) is 16.6. The van der Waals surface area contributed by atoms with Crippen LogP contribution in [0.1, 0.15) is 0 Å². The number of rotatable bonds is 6. The minimum atomic E-state index is -4.68. The highest BCUT2D eigenvalue weighted by atomic mass is 32.3. The van der Waals surface area contributed by atoms with Crippen LogP contribution in [0, 0.1) is 0 Å². The van der Waals surface area contributed by atoms with Crippen LogP contribution in [0.15, 0.2) is 105 Å². The van der Waals surface area contributed by atoms with Crippen LogP contribution in [0.3, 0.4) is 0 Å². The van der Waals surface area contributed by atoms with Crippen molar-refractivity contribution in [3.63, 3.8) is 0 Å². The van der Waals surface area contributed by atoms with E-state index in [1.54, 1.807) is 24.3 Å². The molecule has 0 atom stereocenters. The smallest absolute Gasteiger partial charge is 0.219 e. The summed E-state index contributed by atoms with van der Waals surface area (Å²) in [6.07, 6.45) is 0. The fourth-order valence-corrected chi connectivity index (χ4v) is 6.12. The fraction of sp³-hybridized carbons (Fsp3) is 0. The van der Waals surface area contributed by atoms with Crippen molar-refractivity contribution < 1.29 is 28.9 Å². The first-order valence-electron chi connectivity index (χ1n) is 7.79. The van der Waals surface area contributed by atoms with E-state index in [-0.39, 0.29) is 14.7 Å². The molecule has 0 aliphatic heterocycles. The van der Waals surface area contributed by atoms with Gasteiger partial charge in [-0.05, 0) is 48.5 Å². The van der Waals surface area contributed by atoms with Gasteiger partial charge in [-0.25, -0.2) is 8.42 Å². The summed E-state index contributed by atoms with van der Waals surface area (Å²) in [5, 5.41) is 0. The molecule has 3 aromatic rings. The first-order chi connectivity index (χ1) is 13.1. The highest BCUT2D eigenvalue weighted by Gasteiger charge is 2.27. The van der Waals surface area contributed by atoms with Crippen LogP contribution in [0.25, 0.3) is 0 Å². The van der Waals surface area contributed by atoms with Crippen LogP contribution in [0.5, 0.6) is 0 Å². The van der Waals surface area contributed by atoms with Gasteiger partial charge in [0.05, 0.1) is 19.6 Å². The summed E-state index contributed by atoms with van der Waals surface area (Å²) >= 11 is 0. The van der Waals surface area contributed by atoms with Crippen molar-refractivity contribution in [2.75, 3.05) is 0 Å². The van der Waals surface area contributed by atoms with Gasteiger partial charge >= 0.3 is 20.2 Å². The minimum absolute atomic E-state index is 0.0495. The average molecular weight is 439 g/mol. The number of hydrogen-bond acceptors (Lipinski definition) is 7. The van der Waals surface area contributed by atoms with Crippen molar-refractivity contribution in [2.24, 2.45) is 0 Å². The van der Waals surface area contributed by atoms with Crippen molar-refractivity contribution in [1.82, 2.24) is 0 Å². The molecule has 3 aromatic carbocycles. The van der Waals surface area contributed by atoms with E-state index in [2.05, 4.69) is 3.63 Å². The van der Waals surface area contributed by atoms with Crippen LogP contribution >= 0.6 is 0 Å². The van der Waals surface area contributed by atoms with Crippen LogP contribution < -0.4 is 0 Å². The number of hydrogen-bond donors (Lipinski definition) is 0. The third-order valence-electron chi connectivity index (χ3n) is 3.69. The second-order valence-electron chi connectivity index (χ2n) is 5.58. The summed E-state index contributed by atoms with van der Waals surface area (Å²) in [7, 11) is -13.1. The molecule has 7 nitrogen and oxygen atoms in total. The van der Waals surface area contributed by atoms with E-state index in [1.807, 2.05) is 0 Å². The first-order valence-corrected chi connectivity index (χ1v) is 12.1. The van der Waals surface area contributed by atoms with Gasteiger partial charge in [0.1, 0.15) is 0 Å². The quantitative estimate of drug-likeness (QED) is 0.581. The maximum absolute atomic E-state index is 12.5. The molecular weight excluding hydrogens is 424 g/mol. The summed E-state index contributed by atoms with van der Waals surface area (Å²) in [4.78, 5) is -0.891. The molecule has 146 valence electrons. The van der Waals surface area contributed by atoms with Crippen LogP contribution in [-0.2, 0) is 33.7 Å². The zero-order chi connectivity index (χ0) is 20.4. The Kier molecular flexibility index (Phi) is 5.39. The molecule has 10 heteroatoms. The maximum Gasteiger partial charge on any atom is 0.311 e. The van der Waals surface area contributed by atoms with Crippen molar-refractivity contribution in [3.8, 4) is 0 Å². The molecule has 0 aromatic heterocycles. The van der Waals surface area contributed by atoms with Gasteiger partial charge < -0.3 is 0 Å². The zero-order valence-electron chi connectivity index (χ0n) is 14.2. The molecule has 0 saturated heterocycles. The van der Waals surface area contributed by atoms with Gasteiger partial charge in [0, 0.05) is 0 Å². The Balaban J connectivity index is 1.91. The third-order valence-corrected chi connectivity index (χ3v) is 8.61. The Morgan fingerprint density at radius 1 is 0.429 bits per heavy atom. The number of sulfone groups is 1. The maximum atomic E-state index is 12.5. The molecule has 0 aliphatic carbocycles. The molecule has 28 heavy (non-hydrogen) atoms. The predicted octanol–water partition coefficient (Wildman–Crippen LogP) is 2.61. The second-order valence-corrected chi connectivity index (χ2v) is 10.8. The molecule has 0 aliphatic rings. The lowest BCUT2D eigenvalue weighted by Crippen LogP contribution is -2.14. The van der Waals surface area contributed by atoms with Crippen LogP contribution in [0.4, 0.5) is 0 Å². The van der Waals surface area contributed by atoms with E-state index in [0.29, 0.717) is 0 Å². The first kappa shape index (κ1) is 20.2. The molecule has 3 rings (SSSR count). The summed E-state index contributed by atoms with van der Waals surface area (Å²) < 4.78 is 78.3. The lowest BCUT2D eigenvalue weighted by Gasteiger charge is -2.08. The number of benzene rings is 3. The second kappa shape index (κ2) is 7.47. The fourth-order valence-electron chi connectivity index (χ4n) is 2.30. The average Bonchev–Trinajstić information content (AvgIpc) is 2.69. The molecule has 0 heterocycles. The summed E-state index contributed by atoms with van der Waals surface area (Å²) in [5.74, 6) is 0. The molecule has 0 radical (unpaired) electrons. The molecule has 0 saturated carbocycles. The largest absolute Gasteiger partial charge is 0.311 e. The molecule has 0 fully saturated rings. The standard InChI is InChI=1S/C18H14O7S3/c19-26(20,15-7-3-1-4-8-15)16-11-13-18(14-12-16)28(23,24)25-27(21,22)17-9-5-2-6-10-17/h1-14H. The molecule has 0 spiro atoms. The van der Waals surface area contributed by atoms with Crippen LogP contribution in [-0.4, -0.2) is 25.3 Å². The minimum Gasteiger partial charge on any atom is -0.219 e. The molecule has 0 N–H and O–H groups in total. The van der Waals surface area contributed by atoms with Gasteiger partial charge in [-0.2, -0.15) is 16.8 Å². The Morgan fingerprint density at radius 3 is 1.21 bits per heavy atom. The topological polar surface area (TPSA) is 112 Å². The van der Waals surface area contributed by atoms with Crippen LogP contribution in [0.2, 0.25) is 0 Å². The monoisotopic (exact) mass is 438 g/mol. The van der Waals surface area contributed by atoms with Crippen molar-refractivity contribution in [3.05, 3.63) is 84.9 Å². The highest BCUT2D eigenvalue weighted by molar-refractivity contribution is 8.00. The van der Waals surface area contributed by atoms with Gasteiger partial charge in [-0.1, -0.05) is 36.4 Å². The van der Waals surface area contributed by atoms with E-state index in [1.165, 1.54) is 36.4 Å². The summed E-state index contributed by atoms with van der Waals surface area (Å²) in [6, 6.07) is 18.5. The van der Waals surface area contributed by atoms with Gasteiger partial charge in [-0.15, -0.1) is 3.63 Å². The lowest BCUT2D eigenvalue weighted by molar-refractivity contribution is 0.461. The Labute approximate surface area is 163 Å². The normalized spacial score (nSPS) is 12.6. The summed E-state index contributed by atoms with van der Waals surface area (Å²) in [6.45, 7) is 0. The van der Waals surface area contributed by atoms with Gasteiger partial charge in [0.2, 0.25) is 9.84 Å². The molecule has 0 amide bonds. The van der Waals surface area contributed by atoms with Gasteiger partial charge in [0.25, 0.3) is 0 Å². The molecular formula is C18H14O7S3. The van der Waals surface area contributed by atoms with E-state index < -0.39 is 35.0 Å². The van der Waals surface area contributed by atoms with E-state index in [0.717, 1.165) is 24.3 Å². The van der Waals surface area contributed by atoms with Crippen molar-refractivity contribution >= 4 is 30.1 Å². The summed E-state index contributed by atoms with van der Waals surface area (Å²) in [5.41, 5.74) is 0. The Hall–Kier alpha value is -2.53. The SMILES string of the molecule is O=S(=O)(OS(=O)(=O)c1ccc(S(=O)(=O)c2ccccc2)cc1)c1ccccc1. The van der Waals surface area contributed by atoms with E-state index >= 15 is 0 Å². The third kappa shape index (κ3) is 4.14.